The minimum atomic E-state index is -0.346. The first-order chi connectivity index (χ1) is 4.14. The normalized spacial score (nSPS) is 33.0. The number of hydrogen-bond acceptors (Lipinski definition) is 2. The van der Waals surface area contributed by atoms with Gasteiger partial charge in [0, 0.05) is 0 Å². The monoisotopic (exact) mass is 148 g/mol. The molecule has 1 saturated heterocycles. The summed E-state index contributed by atoms with van der Waals surface area (Å²) >= 11 is 0. The zero-order valence-electron chi connectivity index (χ0n) is 5.89. The van der Waals surface area contributed by atoms with Gasteiger partial charge in [0.05, 0.1) is 12.7 Å². The summed E-state index contributed by atoms with van der Waals surface area (Å²) in [5.41, 5.74) is 0. The summed E-state index contributed by atoms with van der Waals surface area (Å²) in [5.74, 6) is -0.346. The Hall–Kier alpha value is 0.350. The van der Waals surface area contributed by atoms with Crippen LogP contribution in [0, 0.1) is 0 Å². The first kappa shape index (κ1) is 7.46. The lowest BCUT2D eigenvalue weighted by molar-refractivity contribution is -0.135. The topological polar surface area (TPSA) is 18.5 Å². The van der Waals surface area contributed by atoms with E-state index >= 15 is 0 Å². The van der Waals surface area contributed by atoms with Crippen molar-refractivity contribution in [2.24, 2.45) is 0 Å². The second-order valence-corrected chi connectivity index (χ2v) is 3.16. The van der Waals surface area contributed by atoms with Crippen molar-refractivity contribution in [1.29, 1.82) is 0 Å². The molecule has 0 N–H and O–H groups in total. The van der Waals surface area contributed by atoms with Gasteiger partial charge in [-0.25, -0.2) is 0 Å². The van der Waals surface area contributed by atoms with Crippen molar-refractivity contribution in [3.05, 3.63) is 0 Å². The van der Waals surface area contributed by atoms with Crippen LogP contribution in [0.15, 0.2) is 0 Å². The van der Waals surface area contributed by atoms with Gasteiger partial charge in [-0.15, -0.1) is 9.24 Å². The van der Waals surface area contributed by atoms with Crippen LogP contribution in [-0.2, 0) is 9.47 Å². The highest BCUT2D eigenvalue weighted by atomic mass is 31.0. The molecule has 3 heteroatoms. The van der Waals surface area contributed by atoms with E-state index in [1.807, 2.05) is 13.8 Å². The summed E-state index contributed by atoms with van der Waals surface area (Å²) in [6, 6.07) is 0. The maximum absolute atomic E-state index is 5.45. The van der Waals surface area contributed by atoms with Crippen molar-refractivity contribution in [3.8, 4) is 0 Å². The van der Waals surface area contributed by atoms with E-state index in [0.717, 1.165) is 12.8 Å². The second kappa shape index (κ2) is 2.53. The highest BCUT2D eigenvalue weighted by Gasteiger charge is 2.31. The molecule has 2 nitrogen and oxygen atoms in total. The maximum Gasteiger partial charge on any atom is 0.163 e. The predicted octanol–water partition coefficient (Wildman–Crippen LogP) is 1.01. The molecule has 54 valence electrons. The van der Waals surface area contributed by atoms with E-state index in [1.54, 1.807) is 0 Å². The zero-order valence-corrected chi connectivity index (χ0v) is 7.04. The average molecular weight is 148 g/mol. The first-order valence-electron chi connectivity index (χ1n) is 3.16. The summed E-state index contributed by atoms with van der Waals surface area (Å²) in [6.07, 6.45) is 1.24. The van der Waals surface area contributed by atoms with Crippen molar-refractivity contribution in [1.82, 2.24) is 0 Å². The molecule has 2 unspecified atom stereocenters. The van der Waals surface area contributed by atoms with Crippen LogP contribution < -0.4 is 0 Å². The summed E-state index contributed by atoms with van der Waals surface area (Å²) in [7, 11) is 2.65. The van der Waals surface area contributed by atoms with E-state index in [1.165, 1.54) is 0 Å². The highest BCUT2D eigenvalue weighted by Crippen LogP contribution is 2.22. The molecule has 0 bridgehead atoms. The lowest BCUT2D eigenvalue weighted by Gasteiger charge is -2.16. The molecule has 1 fully saturated rings. The van der Waals surface area contributed by atoms with Gasteiger partial charge in [0.25, 0.3) is 0 Å². The third-order valence-corrected chi connectivity index (χ3v) is 1.86. The van der Waals surface area contributed by atoms with E-state index in [9.17, 15) is 0 Å². The van der Waals surface area contributed by atoms with Gasteiger partial charge in [0.15, 0.2) is 5.79 Å². The average Bonchev–Trinajstić information content (AvgIpc) is 2.10. The molecular weight excluding hydrogens is 135 g/mol. The highest BCUT2D eigenvalue weighted by molar-refractivity contribution is 7.16. The molecule has 0 aliphatic carbocycles. The molecule has 0 aromatic carbocycles. The molecule has 2 atom stereocenters. The summed E-state index contributed by atoms with van der Waals surface area (Å²) in [4.78, 5) is 0. The smallest absolute Gasteiger partial charge is 0.163 e. The Kier molecular flexibility index (Phi) is 2.10. The van der Waals surface area contributed by atoms with Crippen molar-refractivity contribution in [3.63, 3.8) is 0 Å². The molecule has 1 aliphatic heterocycles. The number of hydrogen-bond donors (Lipinski definition) is 0. The molecule has 1 heterocycles. The van der Waals surface area contributed by atoms with Crippen molar-refractivity contribution < 1.29 is 9.47 Å². The maximum atomic E-state index is 5.45. The van der Waals surface area contributed by atoms with Gasteiger partial charge in [-0.05, 0) is 20.0 Å². The molecule has 1 rings (SSSR count). The molecule has 9 heavy (non-hydrogen) atoms. The van der Waals surface area contributed by atoms with Crippen LogP contribution in [0.25, 0.3) is 0 Å². The minimum absolute atomic E-state index is 0.282. The molecule has 1 aliphatic rings. The fourth-order valence-corrected chi connectivity index (χ4v) is 1.11. The Labute approximate surface area is 58.1 Å². The van der Waals surface area contributed by atoms with Gasteiger partial charge >= 0.3 is 0 Å². The fourth-order valence-electron chi connectivity index (χ4n) is 0.879. The van der Waals surface area contributed by atoms with Crippen molar-refractivity contribution >= 4 is 9.24 Å². The minimum Gasteiger partial charge on any atom is -0.348 e. The second-order valence-electron chi connectivity index (χ2n) is 2.69. The molecule has 0 radical (unpaired) electrons. The van der Waals surface area contributed by atoms with Gasteiger partial charge in [-0.3, -0.25) is 0 Å². The standard InChI is InChI=1S/C6H13O2P/c1-6(2)7-3-5(4-9)8-6/h5H,3-4,9H2,1-2H3. The van der Waals surface area contributed by atoms with E-state index in [2.05, 4.69) is 9.24 Å². The largest absolute Gasteiger partial charge is 0.348 e. The Morgan fingerprint density at radius 2 is 2.33 bits per heavy atom. The van der Waals surface area contributed by atoms with E-state index in [4.69, 9.17) is 9.47 Å². The zero-order chi connectivity index (χ0) is 6.91. The van der Waals surface area contributed by atoms with Crippen LogP contribution >= 0.6 is 9.24 Å². The Morgan fingerprint density at radius 3 is 2.56 bits per heavy atom. The summed E-state index contributed by atoms with van der Waals surface area (Å²) in [5, 5.41) is 0. The number of rotatable bonds is 1. The molecule has 0 amide bonds. The van der Waals surface area contributed by atoms with Gasteiger partial charge in [0.1, 0.15) is 0 Å². The lowest BCUT2D eigenvalue weighted by Crippen LogP contribution is -2.21. The molecule has 0 spiro atoms. The van der Waals surface area contributed by atoms with Crippen LogP contribution in [0.3, 0.4) is 0 Å². The predicted molar refractivity (Wildman–Crippen MR) is 39.5 cm³/mol. The van der Waals surface area contributed by atoms with Crippen LogP contribution in [0.5, 0.6) is 0 Å². The van der Waals surface area contributed by atoms with Crippen LogP contribution in [0.2, 0.25) is 0 Å². The molecule has 0 saturated carbocycles. The molecule has 0 aromatic rings. The third-order valence-electron chi connectivity index (χ3n) is 1.33. The van der Waals surface area contributed by atoms with Crippen LogP contribution in [-0.4, -0.2) is 24.7 Å². The van der Waals surface area contributed by atoms with Gasteiger partial charge in [0.2, 0.25) is 0 Å². The summed E-state index contributed by atoms with van der Waals surface area (Å²) < 4.78 is 10.8. The lowest BCUT2D eigenvalue weighted by atomic mass is 10.4. The van der Waals surface area contributed by atoms with Crippen molar-refractivity contribution in [2.75, 3.05) is 12.8 Å². The van der Waals surface area contributed by atoms with E-state index in [0.29, 0.717) is 0 Å². The van der Waals surface area contributed by atoms with Gasteiger partial charge in [-0.2, -0.15) is 0 Å². The third kappa shape index (κ3) is 1.89. The Morgan fingerprint density at radius 1 is 1.67 bits per heavy atom. The van der Waals surface area contributed by atoms with Gasteiger partial charge < -0.3 is 9.47 Å². The Bertz CT molecular complexity index is 103. The van der Waals surface area contributed by atoms with Crippen LogP contribution in [0.1, 0.15) is 13.8 Å². The molecule has 0 aromatic heterocycles. The summed E-state index contributed by atoms with van der Waals surface area (Å²) in [6.45, 7) is 4.61. The Balaban J connectivity index is 2.38. The quantitative estimate of drug-likeness (QED) is 0.517. The molecular formula is C6H13O2P. The number of ether oxygens (including phenoxy) is 2. The van der Waals surface area contributed by atoms with Crippen molar-refractivity contribution in [2.45, 2.75) is 25.7 Å². The van der Waals surface area contributed by atoms with Crippen LogP contribution in [0.4, 0.5) is 0 Å². The fraction of sp³-hybridized carbons (Fsp3) is 1.00. The van der Waals surface area contributed by atoms with E-state index < -0.39 is 0 Å². The van der Waals surface area contributed by atoms with Gasteiger partial charge in [-0.1, -0.05) is 0 Å². The van der Waals surface area contributed by atoms with E-state index in [-0.39, 0.29) is 11.9 Å². The first-order valence-corrected chi connectivity index (χ1v) is 3.97. The SMILES string of the molecule is CC1(C)OCC(CP)O1.